The molecule has 2 aliphatic rings. The van der Waals surface area contributed by atoms with Gasteiger partial charge >= 0.3 is 13.2 Å². The normalized spacial score (nSPS) is 22.5. The molecule has 194 valence electrons. The third kappa shape index (κ3) is 6.44. The number of hydrogen-bond donors (Lipinski definition) is 1. The minimum Gasteiger partial charge on any atom is -0.444 e. The van der Waals surface area contributed by atoms with Crippen molar-refractivity contribution >= 4 is 30.5 Å². The molecule has 3 rings (SSSR count). The van der Waals surface area contributed by atoms with Crippen LogP contribution >= 0.6 is 0 Å². The summed E-state index contributed by atoms with van der Waals surface area (Å²) in [6.07, 6.45) is 4.64. The SMILES string of the molecule is C[C@@H](NC(=O)OC(C)(C)C)C(=O)N1CCC[C@H](N(C)c2ncc(B3OC(C)(C)C(C)(C)O3)cn2)C1. The lowest BCUT2D eigenvalue weighted by Crippen LogP contribution is -2.54. The summed E-state index contributed by atoms with van der Waals surface area (Å²) in [6, 6.07) is -0.617. The maximum absolute atomic E-state index is 13.0. The van der Waals surface area contributed by atoms with E-state index >= 15 is 0 Å². The van der Waals surface area contributed by atoms with E-state index in [2.05, 4.69) is 15.3 Å². The number of nitrogens with zero attached hydrogens (tertiary/aromatic N) is 4. The molecule has 2 amide bonds. The second kappa shape index (κ2) is 9.93. The average molecular weight is 489 g/mol. The van der Waals surface area contributed by atoms with Gasteiger partial charge in [-0.25, -0.2) is 14.8 Å². The van der Waals surface area contributed by atoms with Gasteiger partial charge in [-0.15, -0.1) is 0 Å². The molecule has 1 aromatic heterocycles. The zero-order valence-electron chi connectivity index (χ0n) is 22.5. The third-order valence-corrected chi connectivity index (χ3v) is 6.86. The first-order valence-corrected chi connectivity index (χ1v) is 12.3. The van der Waals surface area contributed by atoms with Crippen LogP contribution in [0.1, 0.15) is 68.2 Å². The van der Waals surface area contributed by atoms with Gasteiger partial charge in [0.25, 0.3) is 0 Å². The highest BCUT2D eigenvalue weighted by molar-refractivity contribution is 6.61. The Balaban J connectivity index is 1.59. The lowest BCUT2D eigenvalue weighted by atomic mass is 9.81. The molecule has 0 saturated carbocycles. The standard InChI is InChI=1S/C24H40BN5O5/c1-16(28-21(32)33-22(2,3)4)19(31)30-12-10-11-18(15-30)29(9)20-26-13-17(14-27-20)25-34-23(5,6)24(7,8)35-25/h13-14,16,18H,10-12,15H2,1-9H3,(H,28,32)/t16-,18+/m1/s1. The van der Waals surface area contributed by atoms with Gasteiger partial charge in [0.2, 0.25) is 11.9 Å². The molecule has 10 nitrogen and oxygen atoms in total. The Hall–Kier alpha value is -2.40. The van der Waals surface area contributed by atoms with Gasteiger partial charge in [-0.1, -0.05) is 0 Å². The topological polar surface area (TPSA) is 106 Å². The summed E-state index contributed by atoms with van der Waals surface area (Å²) in [4.78, 5) is 37.9. The van der Waals surface area contributed by atoms with E-state index in [9.17, 15) is 9.59 Å². The highest BCUT2D eigenvalue weighted by Crippen LogP contribution is 2.36. The Morgan fingerprint density at radius 3 is 2.31 bits per heavy atom. The largest absolute Gasteiger partial charge is 0.498 e. The number of ether oxygens (including phenoxy) is 1. The van der Waals surface area contributed by atoms with Crippen LogP contribution in [-0.2, 0) is 18.8 Å². The van der Waals surface area contributed by atoms with Crippen molar-refractivity contribution in [2.75, 3.05) is 25.0 Å². The summed E-state index contributed by atoms with van der Waals surface area (Å²) in [5.41, 5.74) is -0.714. The van der Waals surface area contributed by atoms with Crippen LogP contribution in [0.5, 0.6) is 0 Å². The Morgan fingerprint density at radius 2 is 1.77 bits per heavy atom. The molecule has 2 saturated heterocycles. The molecule has 2 atom stereocenters. The van der Waals surface area contributed by atoms with Gasteiger partial charge in [0, 0.05) is 44.0 Å². The number of carbonyl (C=O) groups excluding carboxylic acids is 2. The molecule has 0 unspecified atom stereocenters. The molecule has 35 heavy (non-hydrogen) atoms. The number of rotatable bonds is 5. The number of anilines is 1. The van der Waals surface area contributed by atoms with Crippen LogP contribution in [0.2, 0.25) is 0 Å². The van der Waals surface area contributed by atoms with Gasteiger partial charge in [0.15, 0.2) is 0 Å². The summed E-state index contributed by atoms with van der Waals surface area (Å²) < 4.78 is 17.4. The van der Waals surface area contributed by atoms with E-state index in [1.54, 1.807) is 45.0 Å². The molecule has 11 heteroatoms. The van der Waals surface area contributed by atoms with Crippen LogP contribution in [0, 0.1) is 0 Å². The van der Waals surface area contributed by atoms with E-state index < -0.39 is 36.1 Å². The highest BCUT2D eigenvalue weighted by atomic mass is 16.7. The van der Waals surface area contributed by atoms with Crippen molar-refractivity contribution < 1.29 is 23.6 Å². The molecule has 2 aliphatic heterocycles. The molecule has 0 aromatic carbocycles. The quantitative estimate of drug-likeness (QED) is 0.627. The third-order valence-electron chi connectivity index (χ3n) is 6.86. The van der Waals surface area contributed by atoms with Crippen molar-refractivity contribution in [2.24, 2.45) is 0 Å². The predicted molar refractivity (Wildman–Crippen MR) is 135 cm³/mol. The molecule has 0 bridgehead atoms. The molecule has 0 spiro atoms. The maximum Gasteiger partial charge on any atom is 0.498 e. The Bertz CT molecular complexity index is 902. The van der Waals surface area contributed by atoms with E-state index in [1.807, 2.05) is 39.6 Å². The minimum absolute atomic E-state index is 0.0594. The summed E-state index contributed by atoms with van der Waals surface area (Å²) in [5.74, 6) is 0.440. The molecular weight excluding hydrogens is 449 g/mol. The van der Waals surface area contributed by atoms with Gasteiger partial charge in [-0.2, -0.15) is 0 Å². The van der Waals surface area contributed by atoms with Crippen LogP contribution in [0.4, 0.5) is 10.7 Å². The number of likely N-dealkylation sites (N-methyl/N-ethyl adjacent to an activating group) is 1. The Labute approximate surface area is 209 Å². The smallest absolute Gasteiger partial charge is 0.444 e. The van der Waals surface area contributed by atoms with Crippen molar-refractivity contribution in [3.8, 4) is 0 Å². The monoisotopic (exact) mass is 489 g/mol. The minimum atomic E-state index is -0.677. The van der Waals surface area contributed by atoms with Crippen LogP contribution in [0.15, 0.2) is 12.4 Å². The molecule has 0 aliphatic carbocycles. The van der Waals surface area contributed by atoms with E-state index in [1.165, 1.54) is 0 Å². The van der Waals surface area contributed by atoms with Gasteiger partial charge in [-0.3, -0.25) is 4.79 Å². The summed E-state index contributed by atoms with van der Waals surface area (Å²) in [7, 11) is 1.42. The van der Waals surface area contributed by atoms with E-state index in [0.717, 1.165) is 18.3 Å². The lowest BCUT2D eigenvalue weighted by molar-refractivity contribution is -0.134. The maximum atomic E-state index is 13.0. The number of hydrogen-bond acceptors (Lipinski definition) is 8. The van der Waals surface area contributed by atoms with E-state index in [-0.39, 0.29) is 11.9 Å². The molecule has 1 aromatic rings. The average Bonchev–Trinajstić information content (AvgIpc) is 2.98. The van der Waals surface area contributed by atoms with Gasteiger partial charge in [-0.05, 0) is 68.2 Å². The first kappa shape index (κ1) is 27.2. The van der Waals surface area contributed by atoms with Crippen LogP contribution in [0.3, 0.4) is 0 Å². The zero-order chi connectivity index (χ0) is 26.2. The summed E-state index contributed by atoms with van der Waals surface area (Å²) in [5, 5.41) is 2.64. The van der Waals surface area contributed by atoms with Crippen LogP contribution in [0.25, 0.3) is 0 Å². The zero-order valence-corrected chi connectivity index (χ0v) is 22.5. The molecule has 2 fully saturated rings. The first-order valence-electron chi connectivity index (χ1n) is 12.3. The fraction of sp³-hybridized carbons (Fsp3) is 0.750. The van der Waals surface area contributed by atoms with Crippen molar-refractivity contribution in [2.45, 2.75) is 97.1 Å². The van der Waals surface area contributed by atoms with Crippen molar-refractivity contribution in [3.63, 3.8) is 0 Å². The van der Waals surface area contributed by atoms with Crippen molar-refractivity contribution in [3.05, 3.63) is 12.4 Å². The fourth-order valence-electron chi connectivity index (χ4n) is 4.07. The number of likely N-dealkylation sites (tertiary alicyclic amines) is 1. The van der Waals surface area contributed by atoms with Gasteiger partial charge in [0.1, 0.15) is 11.6 Å². The second-order valence-electron chi connectivity index (χ2n) is 11.5. The van der Waals surface area contributed by atoms with E-state index in [4.69, 9.17) is 14.0 Å². The second-order valence-corrected chi connectivity index (χ2v) is 11.5. The number of alkyl carbamates (subject to hydrolysis) is 1. The first-order chi connectivity index (χ1) is 16.1. The highest BCUT2D eigenvalue weighted by Gasteiger charge is 2.52. The number of nitrogens with one attached hydrogen (secondary N) is 1. The van der Waals surface area contributed by atoms with Crippen LogP contribution in [-0.4, -0.2) is 83.0 Å². The number of carbonyl (C=O) groups is 2. The number of piperidine rings is 1. The number of aromatic nitrogens is 2. The van der Waals surface area contributed by atoms with Crippen molar-refractivity contribution in [1.29, 1.82) is 0 Å². The van der Waals surface area contributed by atoms with Gasteiger partial charge < -0.3 is 29.2 Å². The van der Waals surface area contributed by atoms with E-state index in [0.29, 0.717) is 19.0 Å². The molecule has 3 heterocycles. The molecule has 1 N–H and O–H groups in total. The molecule has 0 radical (unpaired) electrons. The Morgan fingerprint density at radius 1 is 1.20 bits per heavy atom. The predicted octanol–water partition coefficient (Wildman–Crippen LogP) is 2.12. The van der Waals surface area contributed by atoms with Crippen molar-refractivity contribution in [1.82, 2.24) is 20.2 Å². The summed E-state index contributed by atoms with van der Waals surface area (Å²) in [6.45, 7) is 16.2. The lowest BCUT2D eigenvalue weighted by Gasteiger charge is -2.38. The van der Waals surface area contributed by atoms with Gasteiger partial charge in [0.05, 0.1) is 11.2 Å². The Kier molecular flexibility index (Phi) is 7.71. The molecular formula is C24H40BN5O5. The number of amides is 2. The fourth-order valence-corrected chi connectivity index (χ4v) is 4.07. The van der Waals surface area contributed by atoms with Crippen LogP contribution < -0.4 is 15.7 Å². The summed E-state index contributed by atoms with van der Waals surface area (Å²) >= 11 is 0.